The van der Waals surface area contributed by atoms with Crippen LogP contribution in [-0.2, 0) is 9.59 Å². The molecule has 0 aliphatic heterocycles. The summed E-state index contributed by atoms with van der Waals surface area (Å²) in [5.74, 6) is 0.463. The van der Waals surface area contributed by atoms with Gasteiger partial charge in [0.15, 0.2) is 9.83 Å². The number of anilines is 1. The normalized spacial score (nSPS) is 19.2. The highest BCUT2D eigenvalue weighted by Gasteiger charge is 2.42. The Morgan fingerprint density at radius 3 is 2.21 bits per heavy atom. The molecule has 1 aromatic carbocycles. The van der Waals surface area contributed by atoms with Gasteiger partial charge in [-0.1, -0.05) is 74.6 Å². The number of hydrogen-bond acceptors (Lipinski definition) is 5. The van der Waals surface area contributed by atoms with Crippen molar-refractivity contribution in [2.24, 2.45) is 11.3 Å². The maximum Gasteiger partial charge on any atom is 0.337 e. The molecule has 0 bridgehead atoms. The molecule has 0 saturated heterocycles. The van der Waals surface area contributed by atoms with Crippen LogP contribution >= 0.6 is 46.7 Å². The monoisotopic (exact) mass is 531 g/mol. The lowest BCUT2D eigenvalue weighted by Crippen LogP contribution is -2.40. The Labute approximate surface area is 216 Å². The molecule has 4 nitrogen and oxygen atoms in total. The topological polar surface area (TPSA) is 55.4 Å². The lowest BCUT2D eigenvalue weighted by Gasteiger charge is -2.39. The Kier molecular flexibility index (Phi) is 9.76. The van der Waals surface area contributed by atoms with Gasteiger partial charge in [-0.2, -0.15) is 0 Å². The number of esters is 1. The first kappa shape index (κ1) is 27.0. The van der Waals surface area contributed by atoms with Crippen LogP contribution in [0.1, 0.15) is 77.6 Å². The van der Waals surface area contributed by atoms with Crippen molar-refractivity contribution in [1.29, 1.82) is 0 Å². The Balaban J connectivity index is 1.86. The minimum Gasteiger partial charge on any atom is -0.423 e. The summed E-state index contributed by atoms with van der Waals surface area (Å²) in [4.78, 5) is 26.7. The van der Waals surface area contributed by atoms with Gasteiger partial charge in [0.2, 0.25) is 5.91 Å². The summed E-state index contributed by atoms with van der Waals surface area (Å²) < 4.78 is 5.00. The summed E-state index contributed by atoms with van der Waals surface area (Å²) in [7, 11) is 0. The van der Waals surface area contributed by atoms with E-state index in [2.05, 4.69) is 5.32 Å². The van der Waals surface area contributed by atoms with Crippen LogP contribution in [0.4, 0.5) is 5.69 Å². The highest BCUT2D eigenvalue weighted by molar-refractivity contribution is 8.18. The molecular formula is C25H35Cl2NO3S2. The maximum atomic E-state index is 13.8. The molecule has 1 N–H and O–H groups in total. The van der Waals surface area contributed by atoms with Crippen LogP contribution in [0.25, 0.3) is 0 Å². The summed E-state index contributed by atoms with van der Waals surface area (Å²) in [5, 5.41) is 3.69. The van der Waals surface area contributed by atoms with Crippen LogP contribution < -0.4 is 10.1 Å². The smallest absolute Gasteiger partial charge is 0.337 e. The molecule has 0 spiro atoms. The van der Waals surface area contributed by atoms with Crippen molar-refractivity contribution in [3.8, 4) is 5.75 Å². The number of benzene rings is 1. The number of rotatable bonds is 8. The minimum atomic E-state index is -0.765. The molecule has 0 atom stereocenters. The van der Waals surface area contributed by atoms with Gasteiger partial charge in [0.1, 0.15) is 0 Å². The number of carbonyl (C=O) groups excluding carboxylic acids is 2. The largest absolute Gasteiger partial charge is 0.423 e. The van der Waals surface area contributed by atoms with Crippen LogP contribution in [0.3, 0.4) is 0 Å². The van der Waals surface area contributed by atoms with Crippen molar-refractivity contribution in [3.63, 3.8) is 0 Å². The van der Waals surface area contributed by atoms with E-state index in [1.54, 1.807) is 6.07 Å². The summed E-state index contributed by atoms with van der Waals surface area (Å²) in [6.45, 7) is 1.82. The third-order valence-electron chi connectivity index (χ3n) is 7.32. The van der Waals surface area contributed by atoms with Crippen molar-refractivity contribution < 1.29 is 14.3 Å². The van der Waals surface area contributed by atoms with E-state index in [9.17, 15) is 9.59 Å². The van der Waals surface area contributed by atoms with E-state index in [1.807, 2.05) is 19.4 Å². The van der Waals surface area contributed by atoms with E-state index in [-0.39, 0.29) is 22.1 Å². The summed E-state index contributed by atoms with van der Waals surface area (Å²) >= 11 is 15.4. The average Bonchev–Trinajstić information content (AvgIpc) is 2.82. The third kappa shape index (κ3) is 6.56. The Hall–Kier alpha value is -0.560. The summed E-state index contributed by atoms with van der Waals surface area (Å²) in [6.07, 6.45) is 16.1. The second-order valence-corrected chi connectivity index (χ2v) is 13.0. The number of carbonyl (C=O) groups is 2. The number of halogens is 2. The number of hydrogen-bond donors (Lipinski definition) is 1. The summed E-state index contributed by atoms with van der Waals surface area (Å²) in [6, 6.07) is 3.12. The first-order valence-electron chi connectivity index (χ1n) is 11.9. The van der Waals surface area contributed by atoms with Gasteiger partial charge < -0.3 is 10.1 Å². The van der Waals surface area contributed by atoms with E-state index < -0.39 is 10.0 Å². The zero-order chi connectivity index (χ0) is 24.1. The molecule has 2 aliphatic carbocycles. The predicted octanol–water partition coefficient (Wildman–Crippen LogP) is 8.20. The van der Waals surface area contributed by atoms with E-state index >= 15 is 0 Å². The van der Waals surface area contributed by atoms with E-state index in [4.69, 9.17) is 27.9 Å². The quantitative estimate of drug-likeness (QED) is 0.208. The fraction of sp³-hybridized carbons (Fsp3) is 0.680. The molecule has 3 rings (SSSR count). The molecule has 1 aromatic rings. The molecule has 184 valence electrons. The van der Waals surface area contributed by atoms with Crippen molar-refractivity contribution in [2.75, 3.05) is 17.8 Å². The molecule has 1 amide bonds. The Morgan fingerprint density at radius 2 is 1.61 bits per heavy atom. The van der Waals surface area contributed by atoms with Crippen LogP contribution in [-0.4, -0.2) is 28.5 Å². The van der Waals surface area contributed by atoms with Gasteiger partial charge in [-0.15, -0.1) is 23.5 Å². The van der Waals surface area contributed by atoms with Crippen LogP contribution in [0, 0.1) is 11.3 Å². The van der Waals surface area contributed by atoms with Gasteiger partial charge in [0.25, 0.3) is 0 Å². The molecule has 2 fully saturated rings. The molecule has 33 heavy (non-hydrogen) atoms. The number of ether oxygens (including phenoxy) is 1. The Morgan fingerprint density at radius 1 is 1.03 bits per heavy atom. The molecule has 2 aliphatic rings. The van der Waals surface area contributed by atoms with Gasteiger partial charge in [-0.25, -0.2) is 4.79 Å². The van der Waals surface area contributed by atoms with Gasteiger partial charge in [-0.05, 0) is 50.7 Å². The van der Waals surface area contributed by atoms with Crippen molar-refractivity contribution >= 4 is 64.3 Å². The standard InChI is InChI=1S/C25H35Cl2NO3S2/c1-24(32-2,33-3)23(30)31-21-15-19(27)18(26)14-20(21)28-22(29)25(12-8-5-9-13-25)16-17-10-6-4-7-11-17/h14-15,17H,4-13,16H2,1-3H3,(H,28,29). The van der Waals surface area contributed by atoms with E-state index in [0.29, 0.717) is 16.6 Å². The SMILES string of the molecule is CSC(C)(SC)C(=O)Oc1cc(Cl)c(Cl)cc1NC(=O)C1(CC2CCCCC2)CCCCC1. The molecule has 2 saturated carbocycles. The van der Waals surface area contributed by atoms with Crippen molar-refractivity contribution in [1.82, 2.24) is 0 Å². The highest BCUT2D eigenvalue weighted by atomic mass is 35.5. The molecule has 0 unspecified atom stereocenters. The van der Waals surface area contributed by atoms with Crippen molar-refractivity contribution in [2.45, 2.75) is 81.6 Å². The Bertz CT molecular complexity index is 848. The fourth-order valence-electron chi connectivity index (χ4n) is 5.10. The second kappa shape index (κ2) is 11.9. The predicted molar refractivity (Wildman–Crippen MR) is 143 cm³/mol. The fourth-order valence-corrected chi connectivity index (χ4v) is 6.51. The molecule has 0 radical (unpaired) electrons. The lowest BCUT2D eigenvalue weighted by atomic mass is 9.66. The molecule has 0 aromatic heterocycles. The van der Waals surface area contributed by atoms with Crippen molar-refractivity contribution in [3.05, 3.63) is 22.2 Å². The lowest BCUT2D eigenvalue weighted by molar-refractivity contribution is -0.134. The van der Waals surface area contributed by atoms with Crippen LogP contribution in [0.5, 0.6) is 5.75 Å². The average molecular weight is 533 g/mol. The number of nitrogens with one attached hydrogen (secondary N) is 1. The molecular weight excluding hydrogens is 497 g/mol. The highest BCUT2D eigenvalue weighted by Crippen LogP contribution is 2.46. The van der Waals surface area contributed by atoms with Gasteiger partial charge in [0, 0.05) is 11.5 Å². The molecule has 0 heterocycles. The first-order valence-corrected chi connectivity index (χ1v) is 15.1. The van der Waals surface area contributed by atoms with Gasteiger partial charge >= 0.3 is 5.97 Å². The number of amides is 1. The maximum absolute atomic E-state index is 13.8. The van der Waals surface area contributed by atoms with Crippen LogP contribution in [0.15, 0.2) is 12.1 Å². The van der Waals surface area contributed by atoms with Gasteiger partial charge in [-0.3, -0.25) is 4.79 Å². The van der Waals surface area contributed by atoms with E-state index in [0.717, 1.165) is 32.1 Å². The van der Waals surface area contributed by atoms with Gasteiger partial charge in [0.05, 0.1) is 15.7 Å². The van der Waals surface area contributed by atoms with Crippen LogP contribution in [0.2, 0.25) is 10.0 Å². The summed E-state index contributed by atoms with van der Waals surface area (Å²) in [5.41, 5.74) is 0.0293. The number of thioether (sulfide) groups is 2. The first-order chi connectivity index (χ1) is 15.7. The van der Waals surface area contributed by atoms with E-state index in [1.165, 1.54) is 68.1 Å². The minimum absolute atomic E-state index is 0.0148. The second-order valence-electron chi connectivity index (χ2n) is 9.51. The zero-order valence-electron chi connectivity index (χ0n) is 19.8. The zero-order valence-corrected chi connectivity index (χ0v) is 23.0. The third-order valence-corrected chi connectivity index (χ3v) is 10.9. The molecule has 8 heteroatoms.